The van der Waals surface area contributed by atoms with Crippen molar-refractivity contribution in [1.82, 2.24) is 10.6 Å². The Labute approximate surface area is 121 Å². The van der Waals surface area contributed by atoms with E-state index in [1.54, 1.807) is 30.3 Å². The third-order valence-electron chi connectivity index (χ3n) is 2.51. The number of carbonyl (C=O) groups excluding carboxylic acids is 1. The lowest BCUT2D eigenvalue weighted by molar-refractivity contribution is -0.137. The van der Waals surface area contributed by atoms with Gasteiger partial charge in [0.15, 0.2) is 0 Å². The Morgan fingerprint density at radius 2 is 1.95 bits per heavy atom. The van der Waals surface area contributed by atoms with Crippen LogP contribution in [-0.4, -0.2) is 35.2 Å². The van der Waals surface area contributed by atoms with Crippen LogP contribution in [0.4, 0.5) is 0 Å². The van der Waals surface area contributed by atoms with Gasteiger partial charge in [0.25, 0.3) is 5.91 Å². The number of hydrogen-bond acceptors (Lipinski definition) is 5. The number of carboxylic acid groups (broad SMARTS) is 1. The molecule has 0 saturated carbocycles. The van der Waals surface area contributed by atoms with Crippen molar-refractivity contribution in [2.24, 2.45) is 0 Å². The fourth-order valence-electron chi connectivity index (χ4n) is 1.45. The molecule has 0 saturated heterocycles. The molecule has 0 aliphatic heterocycles. The maximum absolute atomic E-state index is 11.4. The molecule has 0 aromatic heterocycles. The van der Waals surface area contributed by atoms with Crippen LogP contribution in [0.5, 0.6) is 5.75 Å². The van der Waals surface area contributed by atoms with Gasteiger partial charge in [0.2, 0.25) is 0 Å². The molecular weight excluding hydrogens is 274 g/mol. The number of nitriles is 1. The molecule has 1 aromatic rings. The van der Waals surface area contributed by atoms with Gasteiger partial charge in [-0.15, -0.1) is 0 Å². The molecule has 0 aliphatic rings. The fraction of sp³-hybridized carbons (Fsp3) is 0.214. The molecule has 21 heavy (non-hydrogen) atoms. The van der Waals surface area contributed by atoms with Crippen molar-refractivity contribution >= 4 is 11.9 Å². The van der Waals surface area contributed by atoms with Crippen molar-refractivity contribution in [2.75, 3.05) is 13.1 Å². The molecule has 1 aromatic carbocycles. The number of hydrogen-bond donors (Lipinski definition) is 4. The predicted molar refractivity (Wildman–Crippen MR) is 74.2 cm³/mol. The molecule has 0 radical (unpaired) electrons. The van der Waals surface area contributed by atoms with Crippen molar-refractivity contribution in [3.63, 3.8) is 0 Å². The third-order valence-corrected chi connectivity index (χ3v) is 2.51. The summed E-state index contributed by atoms with van der Waals surface area (Å²) in [5, 5.41) is 31.3. The van der Waals surface area contributed by atoms with Gasteiger partial charge in [-0.2, -0.15) is 5.26 Å². The van der Waals surface area contributed by atoms with Crippen LogP contribution in [-0.2, 0) is 16.0 Å². The summed E-state index contributed by atoms with van der Waals surface area (Å²) in [6, 6.07) is 8.38. The van der Waals surface area contributed by atoms with Crippen molar-refractivity contribution in [2.45, 2.75) is 6.42 Å². The zero-order valence-electron chi connectivity index (χ0n) is 11.2. The first kappa shape index (κ1) is 16.0. The summed E-state index contributed by atoms with van der Waals surface area (Å²) in [5.41, 5.74) is 0.796. The summed E-state index contributed by atoms with van der Waals surface area (Å²) >= 11 is 0. The van der Waals surface area contributed by atoms with Gasteiger partial charge in [-0.05, 0) is 24.1 Å². The van der Waals surface area contributed by atoms with Crippen LogP contribution in [0.15, 0.2) is 36.0 Å². The molecule has 0 fully saturated rings. The lowest BCUT2D eigenvalue weighted by Gasteiger charge is -2.04. The average molecular weight is 289 g/mol. The largest absolute Gasteiger partial charge is 0.508 e. The van der Waals surface area contributed by atoms with Crippen LogP contribution in [0.3, 0.4) is 0 Å². The highest BCUT2D eigenvalue weighted by Crippen LogP contribution is 2.09. The van der Waals surface area contributed by atoms with Gasteiger partial charge < -0.3 is 20.8 Å². The second-order valence-electron chi connectivity index (χ2n) is 4.12. The summed E-state index contributed by atoms with van der Waals surface area (Å²) in [6.45, 7) is -0.0481. The molecule has 0 heterocycles. The van der Waals surface area contributed by atoms with E-state index in [-0.39, 0.29) is 11.3 Å². The van der Waals surface area contributed by atoms with Crippen LogP contribution in [0.1, 0.15) is 5.56 Å². The second kappa shape index (κ2) is 8.22. The van der Waals surface area contributed by atoms with E-state index in [1.165, 1.54) is 6.20 Å². The number of aromatic hydroxyl groups is 1. The number of phenols is 1. The highest BCUT2D eigenvalue weighted by atomic mass is 16.4. The van der Waals surface area contributed by atoms with Gasteiger partial charge in [0.1, 0.15) is 23.9 Å². The van der Waals surface area contributed by atoms with Crippen LogP contribution in [0.25, 0.3) is 0 Å². The van der Waals surface area contributed by atoms with Gasteiger partial charge in [-0.25, -0.2) is 0 Å². The molecule has 7 heteroatoms. The maximum atomic E-state index is 11.4. The van der Waals surface area contributed by atoms with Crippen molar-refractivity contribution in [1.29, 1.82) is 5.26 Å². The molecule has 0 bridgehead atoms. The van der Waals surface area contributed by atoms with Gasteiger partial charge in [0, 0.05) is 12.7 Å². The van der Waals surface area contributed by atoms with E-state index in [9.17, 15) is 9.59 Å². The molecular formula is C14H15N3O4. The summed E-state index contributed by atoms with van der Waals surface area (Å²) in [4.78, 5) is 21.8. The normalized spacial score (nSPS) is 10.5. The Morgan fingerprint density at radius 3 is 2.52 bits per heavy atom. The highest BCUT2D eigenvalue weighted by molar-refractivity contribution is 5.98. The van der Waals surface area contributed by atoms with Gasteiger partial charge >= 0.3 is 5.97 Å². The molecule has 0 atom stereocenters. The first-order chi connectivity index (χ1) is 10.0. The molecule has 1 amide bonds. The first-order valence-electron chi connectivity index (χ1n) is 6.14. The van der Waals surface area contributed by atoms with Crippen molar-refractivity contribution < 1.29 is 19.8 Å². The number of amides is 1. The summed E-state index contributed by atoms with van der Waals surface area (Å²) in [6.07, 6.45) is 1.89. The molecule has 0 spiro atoms. The zero-order chi connectivity index (χ0) is 15.7. The minimum Gasteiger partial charge on any atom is -0.508 e. The quantitative estimate of drug-likeness (QED) is 0.321. The van der Waals surface area contributed by atoms with E-state index in [0.717, 1.165) is 5.56 Å². The van der Waals surface area contributed by atoms with E-state index in [2.05, 4.69) is 10.6 Å². The van der Waals surface area contributed by atoms with Crippen LogP contribution < -0.4 is 10.6 Å². The summed E-state index contributed by atoms with van der Waals surface area (Å²) < 4.78 is 0. The maximum Gasteiger partial charge on any atom is 0.322 e. The Kier molecular flexibility index (Phi) is 6.28. The number of nitrogens with zero attached hydrogens (tertiary/aromatic N) is 1. The van der Waals surface area contributed by atoms with Crippen molar-refractivity contribution in [3.05, 3.63) is 41.6 Å². The smallest absolute Gasteiger partial charge is 0.322 e. The number of carbonyl (C=O) groups is 2. The Hall–Kier alpha value is -3.01. The fourth-order valence-corrected chi connectivity index (χ4v) is 1.45. The van der Waals surface area contributed by atoms with Crippen LogP contribution >= 0.6 is 0 Å². The number of benzene rings is 1. The second-order valence-corrected chi connectivity index (χ2v) is 4.12. The van der Waals surface area contributed by atoms with Gasteiger partial charge in [-0.1, -0.05) is 12.1 Å². The molecule has 7 nitrogen and oxygen atoms in total. The summed E-state index contributed by atoms with van der Waals surface area (Å²) in [7, 11) is 0. The monoisotopic (exact) mass is 289 g/mol. The van der Waals surface area contributed by atoms with Crippen molar-refractivity contribution in [3.8, 4) is 11.8 Å². The number of rotatable bonds is 7. The van der Waals surface area contributed by atoms with E-state index >= 15 is 0 Å². The lowest BCUT2D eigenvalue weighted by atomic mass is 10.1. The van der Waals surface area contributed by atoms with E-state index in [4.69, 9.17) is 15.5 Å². The van der Waals surface area contributed by atoms with E-state index < -0.39 is 18.4 Å². The predicted octanol–water partition coefficient (Wildman–Crippen LogP) is 0.133. The first-order valence-corrected chi connectivity index (χ1v) is 6.14. The Balaban J connectivity index is 2.42. The van der Waals surface area contributed by atoms with Gasteiger partial charge in [-0.3, -0.25) is 9.59 Å². The molecule has 0 aliphatic carbocycles. The lowest BCUT2D eigenvalue weighted by Crippen LogP contribution is -2.30. The minimum atomic E-state index is -1.18. The van der Waals surface area contributed by atoms with E-state index in [0.29, 0.717) is 13.0 Å². The van der Waals surface area contributed by atoms with Gasteiger partial charge in [0.05, 0.1) is 0 Å². The highest BCUT2D eigenvalue weighted by Gasteiger charge is 2.09. The van der Waals surface area contributed by atoms with E-state index in [1.807, 2.05) is 0 Å². The molecule has 1 rings (SSSR count). The average Bonchev–Trinajstić information content (AvgIpc) is 2.46. The van der Waals surface area contributed by atoms with Crippen LogP contribution in [0.2, 0.25) is 0 Å². The number of phenolic OH excluding ortho intramolecular Hbond substituents is 1. The Morgan fingerprint density at radius 1 is 1.29 bits per heavy atom. The molecule has 110 valence electrons. The number of aliphatic carboxylic acids is 1. The minimum absolute atomic E-state index is 0.188. The number of carboxylic acids is 1. The zero-order valence-corrected chi connectivity index (χ0v) is 11.2. The standard InChI is InChI=1S/C14H15N3O4/c15-7-11(14(21)17-9-13(19)20)8-16-6-5-10-1-3-12(18)4-2-10/h1-4,8,16,18H,5-6,9H2,(H,17,21)(H,19,20)/b11-8-. The molecule has 4 N–H and O–H groups in total. The third kappa shape index (κ3) is 6.11. The SMILES string of the molecule is N#C/C(=C/NCCc1ccc(O)cc1)C(=O)NCC(=O)O. The number of nitrogens with one attached hydrogen (secondary N) is 2. The van der Waals surface area contributed by atoms with Crippen LogP contribution in [0, 0.1) is 11.3 Å². The Bertz CT molecular complexity index is 573. The summed E-state index contributed by atoms with van der Waals surface area (Å²) in [5.74, 6) is -1.73. The topological polar surface area (TPSA) is 122 Å². The molecule has 0 unspecified atom stereocenters.